The Hall–Kier alpha value is -1.58. The van der Waals surface area contributed by atoms with Crippen LogP contribution in [0.25, 0.3) is 0 Å². The van der Waals surface area contributed by atoms with Gasteiger partial charge in [-0.2, -0.15) is 0 Å². The van der Waals surface area contributed by atoms with E-state index in [1.54, 1.807) is 12.1 Å². The van der Waals surface area contributed by atoms with E-state index in [2.05, 4.69) is 15.2 Å². The lowest BCUT2D eigenvalue weighted by Gasteiger charge is -2.34. The number of ether oxygens (including phenoxy) is 1. The molecule has 6 nitrogen and oxygen atoms in total. The summed E-state index contributed by atoms with van der Waals surface area (Å²) in [4.78, 5) is 18.0. The molecule has 0 aromatic heterocycles. The summed E-state index contributed by atoms with van der Waals surface area (Å²) >= 11 is 0. The Labute approximate surface area is 177 Å². The minimum absolute atomic E-state index is 0. The standard InChI is InChI=1S/C19H29FN4O2.HI/c1-3-22-19(24-9-5-6-15(13-24)10-18(21)25)23-12-14(2)26-17-8-4-7-16(20)11-17;/h4,7-8,11,14-15H,3,5-6,9-10,12-13H2,1-2H3,(H2,21,25)(H,22,23);1H. The van der Waals surface area contributed by atoms with Crippen LogP contribution in [0.2, 0.25) is 0 Å². The van der Waals surface area contributed by atoms with Gasteiger partial charge in [-0.15, -0.1) is 24.0 Å². The predicted octanol–water partition coefficient (Wildman–Crippen LogP) is 2.76. The summed E-state index contributed by atoms with van der Waals surface area (Å²) in [7, 11) is 0. The molecule has 0 bridgehead atoms. The summed E-state index contributed by atoms with van der Waals surface area (Å²) in [6, 6.07) is 6.10. The van der Waals surface area contributed by atoms with Gasteiger partial charge < -0.3 is 20.7 Å². The van der Waals surface area contributed by atoms with E-state index in [0.717, 1.165) is 38.4 Å². The Kier molecular flexibility index (Phi) is 10.4. The number of carbonyl (C=O) groups excluding carboxylic acids is 1. The number of carbonyl (C=O) groups is 1. The van der Waals surface area contributed by atoms with E-state index in [1.807, 2.05) is 13.8 Å². The maximum Gasteiger partial charge on any atom is 0.217 e. The third-order valence-corrected chi connectivity index (χ3v) is 4.27. The maximum absolute atomic E-state index is 13.2. The molecule has 0 radical (unpaired) electrons. The van der Waals surface area contributed by atoms with Crippen LogP contribution in [0.1, 0.15) is 33.1 Å². The fourth-order valence-electron chi connectivity index (χ4n) is 3.16. The van der Waals surface area contributed by atoms with Gasteiger partial charge in [0, 0.05) is 32.1 Å². The molecule has 2 rings (SSSR count). The van der Waals surface area contributed by atoms with Gasteiger partial charge >= 0.3 is 0 Å². The van der Waals surface area contributed by atoms with Crippen molar-refractivity contribution in [3.8, 4) is 5.75 Å². The quantitative estimate of drug-likeness (QED) is 0.349. The van der Waals surface area contributed by atoms with Crippen LogP contribution in [-0.4, -0.2) is 49.0 Å². The predicted molar refractivity (Wildman–Crippen MR) is 116 cm³/mol. The van der Waals surface area contributed by atoms with Gasteiger partial charge in [0.05, 0.1) is 6.54 Å². The number of benzene rings is 1. The van der Waals surface area contributed by atoms with Crippen LogP contribution >= 0.6 is 24.0 Å². The highest BCUT2D eigenvalue weighted by atomic mass is 127. The number of nitrogens with zero attached hydrogens (tertiary/aromatic N) is 2. The van der Waals surface area contributed by atoms with E-state index in [0.29, 0.717) is 18.7 Å². The molecule has 1 aromatic carbocycles. The normalized spacial score (nSPS) is 18.4. The first-order valence-corrected chi connectivity index (χ1v) is 9.21. The van der Waals surface area contributed by atoms with Gasteiger partial charge in [-0.05, 0) is 44.7 Å². The Morgan fingerprint density at radius 1 is 1.52 bits per heavy atom. The molecular formula is C19H30FIN4O2. The van der Waals surface area contributed by atoms with Crippen molar-refractivity contribution in [2.75, 3.05) is 26.2 Å². The molecule has 8 heteroatoms. The number of aliphatic imine (C=N–C) groups is 1. The van der Waals surface area contributed by atoms with Crippen LogP contribution in [-0.2, 0) is 4.79 Å². The first-order valence-electron chi connectivity index (χ1n) is 9.21. The Morgan fingerprint density at radius 2 is 2.30 bits per heavy atom. The molecule has 1 amide bonds. The highest BCUT2D eigenvalue weighted by Crippen LogP contribution is 2.19. The Bertz CT molecular complexity index is 629. The van der Waals surface area contributed by atoms with Crippen molar-refractivity contribution in [3.63, 3.8) is 0 Å². The second kappa shape index (κ2) is 12.0. The molecule has 1 fully saturated rings. The second-order valence-electron chi connectivity index (χ2n) is 6.71. The average Bonchev–Trinajstić information content (AvgIpc) is 2.58. The molecule has 1 heterocycles. The fraction of sp³-hybridized carbons (Fsp3) is 0.579. The first kappa shape index (κ1) is 23.5. The number of primary amides is 1. The van der Waals surface area contributed by atoms with Crippen LogP contribution in [0.5, 0.6) is 5.75 Å². The van der Waals surface area contributed by atoms with E-state index in [1.165, 1.54) is 12.1 Å². The molecule has 1 aliphatic rings. The third-order valence-electron chi connectivity index (χ3n) is 4.27. The number of guanidine groups is 1. The summed E-state index contributed by atoms with van der Waals surface area (Å²) in [5.74, 6) is 1.01. The summed E-state index contributed by atoms with van der Waals surface area (Å²) < 4.78 is 19.0. The molecule has 0 spiro atoms. The molecule has 2 unspecified atom stereocenters. The van der Waals surface area contributed by atoms with Crippen LogP contribution in [0.3, 0.4) is 0 Å². The van der Waals surface area contributed by atoms with Gasteiger partial charge in [-0.3, -0.25) is 4.79 Å². The largest absolute Gasteiger partial charge is 0.489 e. The third kappa shape index (κ3) is 8.32. The monoisotopic (exact) mass is 492 g/mol. The van der Waals surface area contributed by atoms with Crippen LogP contribution < -0.4 is 15.8 Å². The number of amides is 1. The lowest BCUT2D eigenvalue weighted by Crippen LogP contribution is -2.47. The molecule has 1 aromatic rings. The van der Waals surface area contributed by atoms with Crippen molar-refractivity contribution in [2.45, 2.75) is 39.2 Å². The van der Waals surface area contributed by atoms with E-state index in [9.17, 15) is 9.18 Å². The number of piperidine rings is 1. The number of hydrogen-bond donors (Lipinski definition) is 2. The zero-order chi connectivity index (χ0) is 18.9. The topological polar surface area (TPSA) is 80.0 Å². The molecular weight excluding hydrogens is 462 g/mol. The number of likely N-dealkylation sites (tertiary alicyclic amines) is 1. The summed E-state index contributed by atoms with van der Waals surface area (Å²) in [5.41, 5.74) is 5.34. The molecule has 27 heavy (non-hydrogen) atoms. The van der Waals surface area contributed by atoms with Crippen molar-refractivity contribution < 1.29 is 13.9 Å². The zero-order valence-corrected chi connectivity index (χ0v) is 18.3. The lowest BCUT2D eigenvalue weighted by molar-refractivity contribution is -0.119. The van der Waals surface area contributed by atoms with Crippen LogP contribution in [0.4, 0.5) is 4.39 Å². The molecule has 0 saturated carbocycles. The van der Waals surface area contributed by atoms with E-state index in [-0.39, 0.29) is 47.7 Å². The molecule has 152 valence electrons. The summed E-state index contributed by atoms with van der Waals surface area (Å²) in [5, 5.41) is 3.30. The van der Waals surface area contributed by atoms with Crippen molar-refractivity contribution in [1.29, 1.82) is 0 Å². The summed E-state index contributed by atoms with van der Waals surface area (Å²) in [6.45, 7) is 6.82. The SMILES string of the molecule is CCNC(=NCC(C)Oc1cccc(F)c1)N1CCCC(CC(N)=O)C1.I. The molecule has 2 atom stereocenters. The van der Waals surface area contributed by atoms with Crippen molar-refractivity contribution >= 4 is 35.8 Å². The number of hydrogen-bond acceptors (Lipinski definition) is 3. The number of halogens is 2. The minimum Gasteiger partial charge on any atom is -0.489 e. The highest BCUT2D eigenvalue weighted by molar-refractivity contribution is 14.0. The van der Waals surface area contributed by atoms with Gasteiger partial charge in [0.15, 0.2) is 5.96 Å². The zero-order valence-electron chi connectivity index (χ0n) is 16.0. The van der Waals surface area contributed by atoms with Gasteiger partial charge in [0.1, 0.15) is 17.7 Å². The van der Waals surface area contributed by atoms with E-state index < -0.39 is 0 Å². The first-order chi connectivity index (χ1) is 12.5. The van der Waals surface area contributed by atoms with Crippen molar-refractivity contribution in [3.05, 3.63) is 30.1 Å². The lowest BCUT2D eigenvalue weighted by atomic mass is 9.95. The second-order valence-corrected chi connectivity index (χ2v) is 6.71. The minimum atomic E-state index is -0.319. The highest BCUT2D eigenvalue weighted by Gasteiger charge is 2.23. The molecule has 0 aliphatic carbocycles. The van der Waals surface area contributed by atoms with Gasteiger partial charge in [0.25, 0.3) is 0 Å². The van der Waals surface area contributed by atoms with E-state index >= 15 is 0 Å². The van der Waals surface area contributed by atoms with Crippen molar-refractivity contribution in [2.24, 2.45) is 16.6 Å². The molecule has 1 saturated heterocycles. The van der Waals surface area contributed by atoms with Gasteiger partial charge in [0.2, 0.25) is 5.91 Å². The number of nitrogens with two attached hydrogens (primary N) is 1. The Morgan fingerprint density at radius 3 is 2.96 bits per heavy atom. The van der Waals surface area contributed by atoms with Crippen LogP contribution in [0.15, 0.2) is 29.3 Å². The molecule has 1 aliphatic heterocycles. The molecule has 3 N–H and O–H groups in total. The smallest absolute Gasteiger partial charge is 0.217 e. The number of rotatable bonds is 7. The van der Waals surface area contributed by atoms with Crippen LogP contribution in [0, 0.1) is 11.7 Å². The van der Waals surface area contributed by atoms with E-state index in [4.69, 9.17) is 10.5 Å². The van der Waals surface area contributed by atoms with Gasteiger partial charge in [-0.25, -0.2) is 9.38 Å². The fourth-order valence-corrected chi connectivity index (χ4v) is 3.16. The summed E-state index contributed by atoms with van der Waals surface area (Å²) in [6.07, 6.45) is 2.25. The Balaban J connectivity index is 0.00000364. The average molecular weight is 492 g/mol. The van der Waals surface area contributed by atoms with Crippen molar-refractivity contribution in [1.82, 2.24) is 10.2 Å². The number of nitrogens with one attached hydrogen (secondary N) is 1. The maximum atomic E-state index is 13.2. The van der Waals surface area contributed by atoms with Gasteiger partial charge in [-0.1, -0.05) is 6.07 Å².